The van der Waals surface area contributed by atoms with Crippen LogP contribution in [0, 0.1) is 0 Å². The number of carbonyl (C=O) groups excluding carboxylic acids is 1. The highest BCUT2D eigenvalue weighted by Gasteiger charge is 2.19. The van der Waals surface area contributed by atoms with Crippen LogP contribution in [0.2, 0.25) is 0 Å². The van der Waals surface area contributed by atoms with Crippen LogP contribution in [0.25, 0.3) is 6.08 Å². The molecule has 4 nitrogen and oxygen atoms in total. The predicted octanol–water partition coefficient (Wildman–Crippen LogP) is 1.80. The minimum atomic E-state index is -0.220. The Morgan fingerprint density at radius 1 is 1.41 bits per heavy atom. The minimum Gasteiger partial charge on any atom is -0.496 e. The van der Waals surface area contributed by atoms with Gasteiger partial charge in [0.15, 0.2) is 5.11 Å². The lowest BCUT2D eigenvalue weighted by Crippen LogP contribution is -2.21. The average Bonchev–Trinajstić information content (AvgIpc) is 2.58. The molecule has 1 saturated heterocycles. The van der Waals surface area contributed by atoms with Crippen molar-refractivity contribution >= 4 is 45.2 Å². The molecule has 2 N–H and O–H groups in total. The van der Waals surface area contributed by atoms with Gasteiger partial charge in [0.05, 0.1) is 11.6 Å². The van der Waals surface area contributed by atoms with Crippen LogP contribution in [0.4, 0.5) is 0 Å². The van der Waals surface area contributed by atoms with E-state index in [2.05, 4.69) is 26.6 Å². The Kier molecular flexibility index (Phi) is 3.44. The number of benzene rings is 1. The van der Waals surface area contributed by atoms with E-state index in [-0.39, 0.29) is 5.91 Å². The summed E-state index contributed by atoms with van der Waals surface area (Å²) in [4.78, 5) is 11.4. The van der Waals surface area contributed by atoms with E-state index >= 15 is 0 Å². The molecule has 1 aromatic carbocycles. The van der Waals surface area contributed by atoms with Crippen LogP contribution in [0.3, 0.4) is 0 Å². The van der Waals surface area contributed by atoms with Gasteiger partial charge >= 0.3 is 0 Å². The Morgan fingerprint density at radius 2 is 2.18 bits per heavy atom. The molecular weight excluding hydrogens is 304 g/mol. The Balaban J connectivity index is 2.30. The summed E-state index contributed by atoms with van der Waals surface area (Å²) < 4.78 is 5.95. The first-order chi connectivity index (χ1) is 8.10. The second kappa shape index (κ2) is 4.85. The van der Waals surface area contributed by atoms with Gasteiger partial charge in [-0.1, -0.05) is 6.07 Å². The van der Waals surface area contributed by atoms with Gasteiger partial charge in [0.25, 0.3) is 5.91 Å². The number of carbonyl (C=O) groups is 1. The van der Waals surface area contributed by atoms with E-state index in [1.54, 1.807) is 13.2 Å². The molecular formula is C11H9BrN2O2S. The van der Waals surface area contributed by atoms with Gasteiger partial charge in [-0.05, 0) is 51.9 Å². The van der Waals surface area contributed by atoms with Gasteiger partial charge in [-0.2, -0.15) is 0 Å². The molecule has 1 aliphatic heterocycles. The fourth-order valence-electron chi connectivity index (χ4n) is 1.42. The maximum atomic E-state index is 11.4. The van der Waals surface area contributed by atoms with Crippen molar-refractivity contribution in [2.45, 2.75) is 0 Å². The molecule has 1 amide bonds. The number of methoxy groups -OCH3 is 1. The van der Waals surface area contributed by atoms with Crippen molar-refractivity contribution in [1.82, 2.24) is 10.6 Å². The molecule has 0 aliphatic carbocycles. The summed E-state index contributed by atoms with van der Waals surface area (Å²) in [6.45, 7) is 0. The van der Waals surface area contributed by atoms with Crippen molar-refractivity contribution in [3.63, 3.8) is 0 Å². The van der Waals surface area contributed by atoms with Crippen molar-refractivity contribution in [3.8, 4) is 5.75 Å². The molecule has 6 heteroatoms. The van der Waals surface area contributed by atoms with Crippen LogP contribution in [0.5, 0.6) is 5.75 Å². The van der Waals surface area contributed by atoms with E-state index in [9.17, 15) is 4.79 Å². The number of amides is 1. The predicted molar refractivity (Wildman–Crippen MR) is 72.5 cm³/mol. The largest absolute Gasteiger partial charge is 0.496 e. The van der Waals surface area contributed by atoms with Crippen LogP contribution in [-0.2, 0) is 4.79 Å². The van der Waals surface area contributed by atoms with Gasteiger partial charge in [-0.25, -0.2) is 0 Å². The monoisotopic (exact) mass is 312 g/mol. The highest BCUT2D eigenvalue weighted by molar-refractivity contribution is 9.10. The molecule has 1 aromatic rings. The standard InChI is InChI=1S/C11H9BrN2O2S/c1-16-9-3-2-6(4-7(9)12)5-8-10(15)14-11(17)13-8/h2-5H,1H3,(H2,13,14,15,17)/b8-5-. The third kappa shape index (κ3) is 2.65. The molecule has 0 bridgehead atoms. The second-order valence-electron chi connectivity index (χ2n) is 3.36. The molecule has 1 aliphatic rings. The summed E-state index contributed by atoms with van der Waals surface area (Å²) in [5, 5.41) is 5.61. The van der Waals surface area contributed by atoms with E-state index in [0.29, 0.717) is 10.8 Å². The van der Waals surface area contributed by atoms with E-state index < -0.39 is 0 Å². The summed E-state index contributed by atoms with van der Waals surface area (Å²) in [5.41, 5.74) is 1.31. The first kappa shape index (κ1) is 12.1. The normalized spacial score (nSPS) is 16.9. The zero-order valence-electron chi connectivity index (χ0n) is 8.91. The number of nitrogens with one attached hydrogen (secondary N) is 2. The number of rotatable bonds is 2. The molecule has 0 atom stereocenters. The maximum absolute atomic E-state index is 11.4. The molecule has 88 valence electrons. The van der Waals surface area contributed by atoms with Crippen molar-refractivity contribution in [1.29, 1.82) is 0 Å². The maximum Gasteiger partial charge on any atom is 0.273 e. The van der Waals surface area contributed by atoms with E-state index in [1.807, 2.05) is 18.2 Å². The lowest BCUT2D eigenvalue weighted by atomic mass is 10.2. The van der Waals surface area contributed by atoms with Gasteiger partial charge in [0.2, 0.25) is 0 Å². The van der Waals surface area contributed by atoms with Crippen molar-refractivity contribution in [2.24, 2.45) is 0 Å². The number of hydrogen-bond donors (Lipinski definition) is 2. The highest BCUT2D eigenvalue weighted by Crippen LogP contribution is 2.26. The molecule has 0 saturated carbocycles. The van der Waals surface area contributed by atoms with Crippen molar-refractivity contribution < 1.29 is 9.53 Å². The molecule has 1 heterocycles. The summed E-state index contributed by atoms with van der Waals surface area (Å²) in [7, 11) is 1.60. The van der Waals surface area contributed by atoms with Gasteiger partial charge in [-0.3, -0.25) is 10.1 Å². The van der Waals surface area contributed by atoms with E-state index in [4.69, 9.17) is 17.0 Å². The van der Waals surface area contributed by atoms with Gasteiger partial charge in [0, 0.05) is 0 Å². The molecule has 2 rings (SSSR count). The topological polar surface area (TPSA) is 50.4 Å². The SMILES string of the molecule is COc1ccc(/C=C2\NC(=S)NC2=O)cc1Br. The fraction of sp³-hybridized carbons (Fsp3) is 0.0909. The summed E-state index contributed by atoms with van der Waals surface area (Å²) in [5.74, 6) is 0.522. The molecule has 1 fully saturated rings. The molecule has 0 radical (unpaired) electrons. The number of ether oxygens (including phenoxy) is 1. The van der Waals surface area contributed by atoms with E-state index in [0.717, 1.165) is 15.8 Å². The molecule has 0 unspecified atom stereocenters. The zero-order valence-corrected chi connectivity index (χ0v) is 11.3. The minimum absolute atomic E-state index is 0.220. The summed E-state index contributed by atoms with van der Waals surface area (Å²) >= 11 is 8.22. The third-order valence-corrected chi connectivity index (χ3v) is 3.03. The first-order valence-corrected chi connectivity index (χ1v) is 5.98. The number of halogens is 1. The quantitative estimate of drug-likeness (QED) is 0.646. The second-order valence-corrected chi connectivity index (χ2v) is 4.62. The Morgan fingerprint density at radius 3 is 2.71 bits per heavy atom. The number of thiocarbonyl (C=S) groups is 1. The van der Waals surface area contributed by atoms with Crippen LogP contribution >= 0.6 is 28.1 Å². The first-order valence-electron chi connectivity index (χ1n) is 4.77. The van der Waals surface area contributed by atoms with E-state index in [1.165, 1.54) is 0 Å². The summed E-state index contributed by atoms with van der Waals surface area (Å²) in [6.07, 6.45) is 1.72. The molecule has 0 spiro atoms. The zero-order chi connectivity index (χ0) is 12.4. The highest BCUT2D eigenvalue weighted by atomic mass is 79.9. The van der Waals surface area contributed by atoms with Gasteiger partial charge in [-0.15, -0.1) is 0 Å². The Hall–Kier alpha value is -1.40. The molecule has 0 aromatic heterocycles. The van der Waals surface area contributed by atoms with Gasteiger partial charge in [0.1, 0.15) is 11.4 Å². The van der Waals surface area contributed by atoms with Crippen LogP contribution < -0.4 is 15.4 Å². The van der Waals surface area contributed by atoms with Crippen LogP contribution in [0.1, 0.15) is 5.56 Å². The van der Waals surface area contributed by atoms with Crippen LogP contribution in [-0.4, -0.2) is 18.1 Å². The lowest BCUT2D eigenvalue weighted by Gasteiger charge is -2.03. The lowest BCUT2D eigenvalue weighted by molar-refractivity contribution is -0.115. The average molecular weight is 313 g/mol. The Labute approximate surface area is 112 Å². The third-order valence-electron chi connectivity index (χ3n) is 2.21. The number of hydrogen-bond acceptors (Lipinski definition) is 3. The summed E-state index contributed by atoms with van der Waals surface area (Å²) in [6, 6.07) is 5.54. The Bertz CT molecular complexity index is 528. The van der Waals surface area contributed by atoms with Gasteiger partial charge < -0.3 is 10.1 Å². The van der Waals surface area contributed by atoms with Crippen molar-refractivity contribution in [3.05, 3.63) is 33.9 Å². The van der Waals surface area contributed by atoms with Crippen molar-refractivity contribution in [2.75, 3.05) is 7.11 Å². The van der Waals surface area contributed by atoms with Crippen LogP contribution in [0.15, 0.2) is 28.4 Å². The molecule has 17 heavy (non-hydrogen) atoms. The fourth-order valence-corrected chi connectivity index (χ4v) is 2.18. The smallest absolute Gasteiger partial charge is 0.273 e.